The van der Waals surface area contributed by atoms with Gasteiger partial charge < -0.3 is 9.47 Å². The van der Waals surface area contributed by atoms with Crippen LogP contribution in [0.5, 0.6) is 5.75 Å². The highest BCUT2D eigenvalue weighted by Crippen LogP contribution is 2.36. The molecule has 1 aliphatic rings. The van der Waals surface area contributed by atoms with Crippen LogP contribution < -0.4 is 19.6 Å². The first-order chi connectivity index (χ1) is 17.0. The fourth-order valence-electron chi connectivity index (χ4n) is 4.34. The molecule has 176 valence electrons. The van der Waals surface area contributed by atoms with E-state index in [1.165, 1.54) is 11.3 Å². The lowest BCUT2D eigenvalue weighted by Gasteiger charge is -2.26. The Kier molecular flexibility index (Phi) is 6.05. The number of fused-ring (bicyclic) bond motifs is 2. The average Bonchev–Trinajstić information content (AvgIpc) is 3.17. The summed E-state index contributed by atoms with van der Waals surface area (Å²) in [6.45, 7) is 3.76. The maximum absolute atomic E-state index is 13.8. The molecule has 0 saturated carbocycles. The molecular formula is C27H23N3O4S. The van der Waals surface area contributed by atoms with Crippen LogP contribution in [0.15, 0.2) is 82.0 Å². The second kappa shape index (κ2) is 9.31. The van der Waals surface area contributed by atoms with Gasteiger partial charge in [0.15, 0.2) is 4.80 Å². The predicted molar refractivity (Wildman–Crippen MR) is 135 cm³/mol. The standard InChI is InChI=1S/C27H23N3O4S/c1-4-34-26(32)23-16(2)29-27-30(25(31)22(35-27)14-17-10-12-28-13-11-17)24(23)20-7-5-6-18-8-9-19(33-3)15-21(18)20/h5-15,24H,4H2,1-3H3/b22-14+/t24-/m1/s1. The van der Waals surface area contributed by atoms with Crippen LogP contribution in [-0.4, -0.2) is 29.2 Å². The molecule has 0 fully saturated rings. The number of nitrogens with zero attached hydrogens (tertiary/aromatic N) is 3. The van der Waals surface area contributed by atoms with Crippen LogP contribution in [0, 0.1) is 0 Å². The summed E-state index contributed by atoms with van der Waals surface area (Å²) in [5.74, 6) is 0.204. The number of ether oxygens (including phenoxy) is 2. The number of carbonyl (C=O) groups excluding carboxylic acids is 1. The van der Waals surface area contributed by atoms with E-state index in [2.05, 4.69) is 9.98 Å². The minimum atomic E-state index is -0.694. The molecule has 0 bridgehead atoms. The summed E-state index contributed by atoms with van der Waals surface area (Å²) in [6.07, 6.45) is 5.18. The average molecular weight is 486 g/mol. The second-order valence-electron chi connectivity index (χ2n) is 8.02. The molecule has 35 heavy (non-hydrogen) atoms. The number of esters is 1. The quantitative estimate of drug-likeness (QED) is 0.405. The van der Waals surface area contributed by atoms with Crippen molar-refractivity contribution in [3.8, 4) is 5.75 Å². The molecule has 2 aromatic carbocycles. The van der Waals surface area contributed by atoms with Crippen molar-refractivity contribution in [2.75, 3.05) is 13.7 Å². The van der Waals surface area contributed by atoms with Gasteiger partial charge in [-0.25, -0.2) is 9.79 Å². The van der Waals surface area contributed by atoms with E-state index in [-0.39, 0.29) is 12.2 Å². The topological polar surface area (TPSA) is 82.8 Å². The molecule has 8 heteroatoms. The Morgan fingerprint density at radius 1 is 1.17 bits per heavy atom. The Labute approximate surface area is 205 Å². The maximum atomic E-state index is 13.8. The van der Waals surface area contributed by atoms with Crippen molar-refractivity contribution >= 4 is 34.2 Å². The summed E-state index contributed by atoms with van der Waals surface area (Å²) in [4.78, 5) is 36.2. The van der Waals surface area contributed by atoms with E-state index in [9.17, 15) is 9.59 Å². The first kappa shape index (κ1) is 22.7. The van der Waals surface area contributed by atoms with Crippen molar-refractivity contribution in [3.05, 3.63) is 103 Å². The molecule has 0 aliphatic carbocycles. The van der Waals surface area contributed by atoms with Gasteiger partial charge in [0.25, 0.3) is 5.56 Å². The van der Waals surface area contributed by atoms with Crippen molar-refractivity contribution in [2.45, 2.75) is 19.9 Å². The van der Waals surface area contributed by atoms with Crippen molar-refractivity contribution < 1.29 is 14.3 Å². The molecule has 0 unspecified atom stereocenters. The SMILES string of the molecule is CCOC(=O)C1=C(C)N=c2s/c(=C/c3ccncc3)c(=O)n2[C@@H]1c1cccc2ccc(OC)cc12. The fourth-order valence-corrected chi connectivity index (χ4v) is 5.38. The molecule has 0 saturated heterocycles. The van der Waals surface area contributed by atoms with Crippen LogP contribution in [0.4, 0.5) is 0 Å². The molecule has 5 rings (SSSR count). The number of carbonyl (C=O) groups is 1. The predicted octanol–water partition coefficient (Wildman–Crippen LogP) is 3.36. The van der Waals surface area contributed by atoms with E-state index in [1.807, 2.05) is 54.6 Å². The van der Waals surface area contributed by atoms with Gasteiger partial charge in [-0.1, -0.05) is 35.6 Å². The van der Waals surface area contributed by atoms with Crippen molar-refractivity contribution in [3.63, 3.8) is 0 Å². The van der Waals surface area contributed by atoms with Gasteiger partial charge in [-0.15, -0.1) is 0 Å². The van der Waals surface area contributed by atoms with E-state index in [0.717, 1.165) is 21.9 Å². The van der Waals surface area contributed by atoms with Crippen LogP contribution in [0.1, 0.15) is 31.0 Å². The number of thiazole rings is 1. The molecule has 1 aliphatic heterocycles. The van der Waals surface area contributed by atoms with Crippen LogP contribution >= 0.6 is 11.3 Å². The molecule has 1 atom stereocenters. The van der Waals surface area contributed by atoms with E-state index in [4.69, 9.17) is 9.47 Å². The number of hydrogen-bond acceptors (Lipinski definition) is 7. The first-order valence-corrected chi connectivity index (χ1v) is 12.0. The van der Waals surface area contributed by atoms with Crippen LogP contribution in [0.2, 0.25) is 0 Å². The van der Waals surface area contributed by atoms with E-state index in [0.29, 0.717) is 26.4 Å². The fraction of sp³-hybridized carbons (Fsp3) is 0.185. The highest BCUT2D eigenvalue weighted by Gasteiger charge is 2.34. The van der Waals surface area contributed by atoms with Gasteiger partial charge in [0.1, 0.15) is 5.75 Å². The highest BCUT2D eigenvalue weighted by molar-refractivity contribution is 7.07. The number of benzene rings is 2. The van der Waals surface area contributed by atoms with Gasteiger partial charge in [-0.05, 0) is 66.1 Å². The Morgan fingerprint density at radius 3 is 2.71 bits per heavy atom. The zero-order chi connectivity index (χ0) is 24.5. The minimum absolute atomic E-state index is 0.218. The monoisotopic (exact) mass is 485 g/mol. The summed E-state index contributed by atoms with van der Waals surface area (Å²) in [5, 5.41) is 1.86. The summed E-state index contributed by atoms with van der Waals surface area (Å²) in [6, 6.07) is 14.6. The summed E-state index contributed by atoms with van der Waals surface area (Å²) in [7, 11) is 1.61. The van der Waals surface area contributed by atoms with Gasteiger partial charge in [-0.2, -0.15) is 0 Å². The first-order valence-electron chi connectivity index (χ1n) is 11.2. The lowest BCUT2D eigenvalue weighted by Crippen LogP contribution is -2.40. The molecule has 2 aromatic heterocycles. The number of hydrogen-bond donors (Lipinski definition) is 0. The van der Waals surface area contributed by atoms with Crippen molar-refractivity contribution in [2.24, 2.45) is 4.99 Å². The van der Waals surface area contributed by atoms with Gasteiger partial charge >= 0.3 is 5.97 Å². The number of rotatable bonds is 5. The number of allylic oxidation sites excluding steroid dienone is 1. The zero-order valence-electron chi connectivity index (χ0n) is 19.5. The van der Waals surface area contributed by atoms with Gasteiger partial charge in [0.2, 0.25) is 0 Å². The lowest BCUT2D eigenvalue weighted by atomic mass is 9.91. The third kappa shape index (κ3) is 4.06. The van der Waals surface area contributed by atoms with Crippen LogP contribution in [0.25, 0.3) is 16.8 Å². The van der Waals surface area contributed by atoms with E-state index in [1.54, 1.807) is 37.9 Å². The Morgan fingerprint density at radius 2 is 1.97 bits per heavy atom. The molecule has 4 aromatic rings. The lowest BCUT2D eigenvalue weighted by molar-refractivity contribution is -0.139. The minimum Gasteiger partial charge on any atom is -0.497 e. The number of aromatic nitrogens is 2. The number of pyridine rings is 1. The molecule has 0 amide bonds. The van der Waals surface area contributed by atoms with E-state index >= 15 is 0 Å². The van der Waals surface area contributed by atoms with Crippen LogP contribution in [0.3, 0.4) is 0 Å². The normalized spacial score (nSPS) is 15.6. The van der Waals surface area contributed by atoms with Crippen molar-refractivity contribution in [1.29, 1.82) is 0 Å². The summed E-state index contributed by atoms with van der Waals surface area (Å²) in [5.41, 5.74) is 2.33. The highest BCUT2D eigenvalue weighted by atomic mass is 32.1. The van der Waals surface area contributed by atoms with E-state index < -0.39 is 12.0 Å². The zero-order valence-corrected chi connectivity index (χ0v) is 20.3. The Bertz CT molecular complexity index is 1650. The van der Waals surface area contributed by atoms with Gasteiger partial charge in [0.05, 0.1) is 35.6 Å². The Balaban J connectivity index is 1.82. The second-order valence-corrected chi connectivity index (χ2v) is 9.03. The summed E-state index contributed by atoms with van der Waals surface area (Å²) < 4.78 is 13.0. The van der Waals surface area contributed by atoms with Crippen LogP contribution in [-0.2, 0) is 9.53 Å². The largest absolute Gasteiger partial charge is 0.497 e. The molecule has 0 radical (unpaired) electrons. The van der Waals surface area contributed by atoms with Gasteiger partial charge in [0, 0.05) is 12.4 Å². The molecule has 3 heterocycles. The third-order valence-electron chi connectivity index (χ3n) is 5.94. The molecule has 7 nitrogen and oxygen atoms in total. The third-order valence-corrected chi connectivity index (χ3v) is 6.92. The van der Waals surface area contributed by atoms with Crippen molar-refractivity contribution in [1.82, 2.24) is 9.55 Å². The molecule has 0 spiro atoms. The molecular weight excluding hydrogens is 462 g/mol. The molecule has 0 N–H and O–H groups in total. The Hall–Kier alpha value is -4.04. The number of methoxy groups -OCH3 is 1. The summed E-state index contributed by atoms with van der Waals surface area (Å²) >= 11 is 1.30. The van der Waals surface area contributed by atoms with Gasteiger partial charge in [-0.3, -0.25) is 14.3 Å². The maximum Gasteiger partial charge on any atom is 0.338 e. The smallest absolute Gasteiger partial charge is 0.338 e.